The van der Waals surface area contributed by atoms with E-state index in [0.29, 0.717) is 79.8 Å². The zero-order chi connectivity index (χ0) is 47.5. The largest absolute Gasteiger partial charge is 0.493 e. The minimum Gasteiger partial charge on any atom is -0.493 e. The van der Waals surface area contributed by atoms with Gasteiger partial charge in [-0.2, -0.15) is 12.6 Å². The molecule has 67 heavy (non-hydrogen) atoms. The van der Waals surface area contributed by atoms with Crippen LogP contribution in [0, 0.1) is 5.82 Å². The standard InChI is InChI=1S/C48H45FN4O8S6/c1-5-60-37-21-31-30(20-35(37)58-3)39(50-48(66)41(62)44(63)61-45(64)47(31,48)65)26-11-13-27(14-12-26)42(54)51-17-15-29(16-18-51)53-43(55)40-33(23-38(67-40)25-9-7-6-8-10-25)52(46(53)56)24-28-19-34(57-2)36(59-4)22-32(28)49/h6-14,19-23,29,45,62-66H,5,15-18,24H2,1-4H3/t45?,47-,48-/m0/s1. The number of benzene rings is 4. The lowest BCUT2D eigenvalue weighted by Crippen LogP contribution is -2.56. The third-order valence-corrected chi connectivity index (χ3v) is 17.2. The van der Waals surface area contributed by atoms with E-state index in [0.717, 1.165) is 10.4 Å². The Kier molecular flexibility index (Phi) is 13.0. The monoisotopic (exact) mass is 1020 g/mol. The highest BCUT2D eigenvalue weighted by molar-refractivity contribution is 7.92. The van der Waals surface area contributed by atoms with E-state index in [1.807, 2.05) is 61.5 Å². The van der Waals surface area contributed by atoms with Crippen molar-refractivity contribution in [2.75, 3.05) is 41.0 Å². The second-order valence-electron chi connectivity index (χ2n) is 16.1. The van der Waals surface area contributed by atoms with E-state index < -0.39 is 38.2 Å². The number of thiophene rings is 1. The van der Waals surface area contributed by atoms with E-state index >= 15 is 4.39 Å². The number of nitrogens with zero attached hydrogens (tertiary/aromatic N) is 4. The van der Waals surface area contributed by atoms with Gasteiger partial charge in [0.2, 0.25) is 0 Å². The number of hydrogen-bond donors (Lipinski definition) is 5. The number of ether oxygens (including phenoxy) is 5. The number of halogens is 1. The maximum Gasteiger partial charge on any atom is 0.332 e. The number of rotatable bonds is 11. The van der Waals surface area contributed by atoms with E-state index in [2.05, 4.69) is 12.6 Å². The lowest BCUT2D eigenvalue weighted by atomic mass is 9.79. The van der Waals surface area contributed by atoms with Crippen LogP contribution in [0.2, 0.25) is 0 Å². The number of fused-ring (bicyclic) bond motifs is 4. The molecule has 0 saturated carbocycles. The zero-order valence-electron chi connectivity index (χ0n) is 36.6. The summed E-state index contributed by atoms with van der Waals surface area (Å²) in [6.45, 7) is 2.66. The van der Waals surface area contributed by atoms with Gasteiger partial charge in [-0.3, -0.25) is 23.7 Å². The predicted molar refractivity (Wildman–Crippen MR) is 276 cm³/mol. The molecule has 12 nitrogen and oxygen atoms in total. The minimum atomic E-state index is -1.39. The summed E-state index contributed by atoms with van der Waals surface area (Å²) in [7, 11) is 4.43. The van der Waals surface area contributed by atoms with E-state index in [1.165, 1.54) is 46.8 Å². The number of likely N-dealkylation sites (tertiary alicyclic amines) is 1. The van der Waals surface area contributed by atoms with E-state index in [1.54, 1.807) is 30.2 Å². The number of aliphatic imine (C=N–C) groups is 1. The number of aromatic nitrogens is 2. The Balaban J connectivity index is 1.02. The molecule has 9 rings (SSSR count). The highest BCUT2D eigenvalue weighted by Crippen LogP contribution is 2.61. The molecule has 348 valence electrons. The predicted octanol–water partition coefficient (Wildman–Crippen LogP) is 8.90. The van der Waals surface area contributed by atoms with Gasteiger partial charge in [-0.1, -0.05) is 42.5 Å². The van der Waals surface area contributed by atoms with Gasteiger partial charge in [-0.25, -0.2) is 9.18 Å². The molecule has 0 spiro atoms. The number of carbonyl (C=O) groups is 1. The van der Waals surface area contributed by atoms with Gasteiger partial charge in [0.25, 0.3) is 11.5 Å². The van der Waals surface area contributed by atoms with Gasteiger partial charge in [-0.15, -0.1) is 61.9 Å². The molecule has 6 aromatic rings. The summed E-state index contributed by atoms with van der Waals surface area (Å²) in [6, 6.07) is 24.4. The molecule has 0 aliphatic carbocycles. The fraction of sp³-hybridized carbons (Fsp3) is 0.292. The van der Waals surface area contributed by atoms with Crippen LogP contribution in [0.4, 0.5) is 4.39 Å². The van der Waals surface area contributed by atoms with Crippen LogP contribution in [0.25, 0.3) is 20.7 Å². The molecular formula is C48H45FN4O8S6. The average Bonchev–Trinajstić information content (AvgIpc) is 3.80. The first kappa shape index (κ1) is 47.2. The minimum absolute atomic E-state index is 0.169. The third kappa shape index (κ3) is 7.92. The Hall–Kier alpha value is -4.92. The molecule has 0 radical (unpaired) electrons. The molecule has 19 heteroatoms. The van der Waals surface area contributed by atoms with Gasteiger partial charge < -0.3 is 28.6 Å². The smallest absolute Gasteiger partial charge is 0.332 e. The number of amides is 1. The lowest BCUT2D eigenvalue weighted by molar-refractivity contribution is 0.0691. The van der Waals surface area contributed by atoms with Crippen LogP contribution in [0.15, 0.2) is 110 Å². The van der Waals surface area contributed by atoms with Crippen molar-refractivity contribution >= 4 is 96.3 Å². The highest BCUT2D eigenvalue weighted by Gasteiger charge is 2.62. The SMILES string of the molecule is CCOc1cc2c(cc1OC)C(c1ccc(C(=O)N3CCC(n4c(=O)c5sc(-c6ccccc6)cc5n(Cc5cc(OC)c(OC)cc5F)c4=O)CC3)cc1)=N[C@]1(S)C(S)=C(S)OC(S)[C@@]21S. The third-order valence-electron chi connectivity index (χ3n) is 12.5. The second kappa shape index (κ2) is 18.5. The fourth-order valence-corrected chi connectivity index (χ4v) is 12.3. The molecule has 1 unspecified atom stereocenters. The average molecular weight is 1020 g/mol. The van der Waals surface area contributed by atoms with Crippen molar-refractivity contribution in [3.05, 3.63) is 149 Å². The van der Waals surface area contributed by atoms with E-state index in [4.69, 9.17) is 79.2 Å². The van der Waals surface area contributed by atoms with Crippen LogP contribution in [-0.4, -0.2) is 77.0 Å². The Bertz CT molecular complexity index is 3130. The van der Waals surface area contributed by atoms with Crippen LogP contribution < -0.4 is 30.2 Å². The Morgan fingerprint density at radius 3 is 2.19 bits per heavy atom. The van der Waals surface area contributed by atoms with Crippen molar-refractivity contribution in [3.8, 4) is 33.4 Å². The van der Waals surface area contributed by atoms with Crippen molar-refractivity contribution in [1.82, 2.24) is 14.0 Å². The maximum absolute atomic E-state index is 15.6. The van der Waals surface area contributed by atoms with Gasteiger partial charge in [0.05, 0.1) is 50.6 Å². The molecule has 0 N–H and O–H groups in total. The first-order valence-corrected chi connectivity index (χ1v) is 24.3. The molecule has 1 saturated heterocycles. The van der Waals surface area contributed by atoms with Crippen molar-refractivity contribution in [3.63, 3.8) is 0 Å². The van der Waals surface area contributed by atoms with Gasteiger partial charge in [0, 0.05) is 52.3 Å². The summed E-state index contributed by atoms with van der Waals surface area (Å²) in [5, 5.41) is 0.211. The first-order valence-electron chi connectivity index (χ1n) is 21.2. The first-order chi connectivity index (χ1) is 32.2. The van der Waals surface area contributed by atoms with Gasteiger partial charge in [-0.05, 0) is 67.3 Å². The van der Waals surface area contributed by atoms with E-state index in [-0.39, 0.29) is 41.9 Å². The number of hydrogen-bond acceptors (Lipinski definition) is 15. The van der Waals surface area contributed by atoms with Crippen LogP contribution in [0.1, 0.15) is 58.4 Å². The number of piperidine rings is 1. The molecule has 3 aliphatic heterocycles. The van der Waals surface area contributed by atoms with Crippen molar-refractivity contribution in [1.29, 1.82) is 0 Å². The lowest BCUT2D eigenvalue weighted by Gasteiger charge is -2.51. The maximum atomic E-state index is 15.6. The van der Waals surface area contributed by atoms with Crippen LogP contribution in [0.3, 0.4) is 0 Å². The summed E-state index contributed by atoms with van der Waals surface area (Å²) in [5.41, 5.74) is 2.63. The summed E-state index contributed by atoms with van der Waals surface area (Å²) < 4.78 is 45.9. The number of thiol groups is 5. The van der Waals surface area contributed by atoms with Gasteiger partial charge >= 0.3 is 5.69 Å². The van der Waals surface area contributed by atoms with Crippen molar-refractivity contribution in [2.24, 2.45) is 4.99 Å². The second-order valence-corrected chi connectivity index (χ2v) is 19.9. The molecule has 5 heterocycles. The van der Waals surface area contributed by atoms with Crippen molar-refractivity contribution < 1.29 is 32.9 Å². The fourth-order valence-electron chi connectivity index (χ4n) is 9.00. The van der Waals surface area contributed by atoms with Crippen LogP contribution in [-0.2, 0) is 16.0 Å². The van der Waals surface area contributed by atoms with Gasteiger partial charge in [0.1, 0.15) is 15.3 Å². The Morgan fingerprint density at radius 1 is 0.881 bits per heavy atom. The van der Waals surface area contributed by atoms with Crippen LogP contribution in [0.5, 0.6) is 23.0 Å². The topological polar surface area (TPSA) is 123 Å². The number of methoxy groups -OCH3 is 3. The van der Waals surface area contributed by atoms with Gasteiger partial charge in [0.15, 0.2) is 38.4 Å². The summed E-state index contributed by atoms with van der Waals surface area (Å²) in [6.07, 6.45) is 0.673. The Morgan fingerprint density at radius 2 is 1.54 bits per heavy atom. The molecule has 2 aromatic heterocycles. The molecule has 0 bridgehead atoms. The zero-order valence-corrected chi connectivity index (χ0v) is 41.8. The molecule has 3 aliphatic rings. The highest BCUT2D eigenvalue weighted by atomic mass is 32.1. The normalized spacial score (nSPS) is 20.5. The molecular weight excluding hydrogens is 972 g/mol. The van der Waals surface area contributed by atoms with Crippen molar-refractivity contribution in [2.45, 2.75) is 47.4 Å². The molecule has 1 fully saturated rings. The van der Waals surface area contributed by atoms with E-state index in [9.17, 15) is 14.4 Å². The quantitative estimate of drug-likeness (QED) is 0.0817. The number of carbonyl (C=O) groups excluding carboxylic acids is 1. The molecule has 4 aromatic carbocycles. The Labute approximate surface area is 416 Å². The molecule has 3 atom stereocenters. The van der Waals surface area contributed by atoms with Crippen LogP contribution >= 0.6 is 74.5 Å². The molecule has 1 amide bonds. The summed E-state index contributed by atoms with van der Waals surface area (Å²) in [4.78, 5) is 49.8. The summed E-state index contributed by atoms with van der Waals surface area (Å²) in [5.74, 6) is 0.689. The summed E-state index contributed by atoms with van der Waals surface area (Å²) >= 11 is 25.7.